The van der Waals surface area contributed by atoms with Gasteiger partial charge in [0.05, 0.1) is 3.79 Å². The Balaban J connectivity index is 2.18. The van der Waals surface area contributed by atoms with Gasteiger partial charge in [-0.2, -0.15) is 0 Å². The Kier molecular flexibility index (Phi) is 6.33. The molecule has 0 saturated heterocycles. The van der Waals surface area contributed by atoms with Gasteiger partial charge in [-0.3, -0.25) is 0 Å². The summed E-state index contributed by atoms with van der Waals surface area (Å²) in [7, 11) is 0. The second-order valence-corrected chi connectivity index (χ2v) is 6.45. The van der Waals surface area contributed by atoms with Crippen molar-refractivity contribution in [2.75, 3.05) is 13.1 Å². The zero-order chi connectivity index (χ0) is 10.4. The molecule has 0 atom stereocenters. The molecule has 0 bridgehead atoms. The minimum absolute atomic E-state index is 1.08. The number of thiophene rings is 1. The number of aryl methyl sites for hydroxylation is 1. The van der Waals surface area contributed by atoms with Crippen LogP contribution in [0.3, 0.4) is 0 Å². The highest BCUT2D eigenvalue weighted by Gasteiger charge is 2.03. The lowest BCUT2D eigenvalue weighted by atomic mass is 10.2. The standard InChI is InChI=1S/C10H15Br2NS/c1-2-13-6-4-3-5-8-7-9(11)10(12)14-8/h7,13H,2-6H2,1H3. The van der Waals surface area contributed by atoms with E-state index in [0.29, 0.717) is 0 Å². The minimum Gasteiger partial charge on any atom is -0.317 e. The second-order valence-electron chi connectivity index (χ2n) is 3.15. The third kappa shape index (κ3) is 4.43. The van der Waals surface area contributed by atoms with Crippen LogP contribution >= 0.6 is 43.2 Å². The van der Waals surface area contributed by atoms with E-state index in [1.165, 1.54) is 32.4 Å². The van der Waals surface area contributed by atoms with Gasteiger partial charge in [0.15, 0.2) is 0 Å². The van der Waals surface area contributed by atoms with E-state index in [2.05, 4.69) is 50.2 Å². The number of hydrogen-bond acceptors (Lipinski definition) is 2. The van der Waals surface area contributed by atoms with Crippen LogP contribution in [0.2, 0.25) is 0 Å². The zero-order valence-electron chi connectivity index (χ0n) is 8.28. The molecule has 1 nitrogen and oxygen atoms in total. The fourth-order valence-electron chi connectivity index (χ4n) is 1.24. The number of halogens is 2. The summed E-state index contributed by atoms with van der Waals surface area (Å²) in [5, 5.41) is 3.34. The Morgan fingerprint density at radius 3 is 2.71 bits per heavy atom. The Morgan fingerprint density at radius 1 is 1.36 bits per heavy atom. The molecule has 1 aromatic rings. The van der Waals surface area contributed by atoms with Gasteiger partial charge < -0.3 is 5.32 Å². The topological polar surface area (TPSA) is 12.0 Å². The fraction of sp³-hybridized carbons (Fsp3) is 0.600. The largest absolute Gasteiger partial charge is 0.317 e. The van der Waals surface area contributed by atoms with Crippen LogP contribution in [0.25, 0.3) is 0 Å². The molecule has 1 aromatic heterocycles. The first kappa shape index (κ1) is 12.7. The van der Waals surface area contributed by atoms with Gasteiger partial charge in [0.25, 0.3) is 0 Å². The lowest BCUT2D eigenvalue weighted by molar-refractivity contribution is 0.643. The smallest absolute Gasteiger partial charge is 0.0843 e. The maximum atomic E-state index is 3.51. The van der Waals surface area contributed by atoms with Crippen molar-refractivity contribution in [2.45, 2.75) is 26.2 Å². The van der Waals surface area contributed by atoms with Crippen LogP contribution in [-0.4, -0.2) is 13.1 Å². The summed E-state index contributed by atoms with van der Waals surface area (Å²) in [4.78, 5) is 1.46. The Morgan fingerprint density at radius 2 is 2.14 bits per heavy atom. The molecule has 1 rings (SSSR count). The predicted octanol–water partition coefficient (Wildman–Crippen LogP) is 4.21. The predicted molar refractivity (Wildman–Crippen MR) is 71.2 cm³/mol. The van der Waals surface area contributed by atoms with E-state index < -0.39 is 0 Å². The van der Waals surface area contributed by atoms with Crippen molar-refractivity contribution >= 4 is 43.2 Å². The van der Waals surface area contributed by atoms with Gasteiger partial charge in [0.2, 0.25) is 0 Å². The Hall–Kier alpha value is 0.620. The molecule has 4 heteroatoms. The zero-order valence-corrected chi connectivity index (χ0v) is 12.3. The van der Waals surface area contributed by atoms with Crippen LogP contribution in [0.5, 0.6) is 0 Å². The van der Waals surface area contributed by atoms with Gasteiger partial charge in [0.1, 0.15) is 0 Å². The molecular weight excluding hydrogens is 326 g/mol. The average Bonchev–Trinajstić information content (AvgIpc) is 2.46. The molecule has 0 radical (unpaired) electrons. The normalized spacial score (nSPS) is 10.8. The first-order chi connectivity index (χ1) is 6.74. The van der Waals surface area contributed by atoms with E-state index in [-0.39, 0.29) is 0 Å². The maximum Gasteiger partial charge on any atom is 0.0843 e. The van der Waals surface area contributed by atoms with Crippen LogP contribution in [-0.2, 0) is 6.42 Å². The number of rotatable bonds is 6. The average molecular weight is 341 g/mol. The van der Waals surface area contributed by atoms with E-state index in [1.54, 1.807) is 0 Å². The molecule has 1 N–H and O–H groups in total. The second kappa shape index (κ2) is 6.99. The molecule has 0 aliphatic heterocycles. The third-order valence-corrected chi connectivity index (χ3v) is 5.29. The van der Waals surface area contributed by atoms with E-state index in [9.17, 15) is 0 Å². The highest BCUT2D eigenvalue weighted by atomic mass is 79.9. The molecule has 0 aromatic carbocycles. The lowest BCUT2D eigenvalue weighted by Crippen LogP contribution is -2.13. The molecular formula is C10H15Br2NS. The van der Waals surface area contributed by atoms with Crippen LogP contribution in [0.15, 0.2) is 14.3 Å². The number of unbranched alkanes of at least 4 members (excludes halogenated alkanes) is 1. The van der Waals surface area contributed by atoms with Crippen molar-refractivity contribution in [3.05, 3.63) is 19.2 Å². The van der Waals surface area contributed by atoms with Gasteiger partial charge in [-0.05, 0) is 70.3 Å². The van der Waals surface area contributed by atoms with Crippen molar-refractivity contribution in [2.24, 2.45) is 0 Å². The van der Waals surface area contributed by atoms with Gasteiger partial charge in [-0.15, -0.1) is 11.3 Å². The van der Waals surface area contributed by atoms with E-state index in [4.69, 9.17) is 0 Å². The molecule has 14 heavy (non-hydrogen) atoms. The molecule has 0 amide bonds. The van der Waals surface area contributed by atoms with Crippen LogP contribution < -0.4 is 5.32 Å². The molecule has 1 heterocycles. The summed E-state index contributed by atoms with van der Waals surface area (Å²) in [5.41, 5.74) is 0. The van der Waals surface area contributed by atoms with E-state index >= 15 is 0 Å². The van der Waals surface area contributed by atoms with Gasteiger partial charge in [0, 0.05) is 9.35 Å². The van der Waals surface area contributed by atoms with Crippen molar-refractivity contribution in [3.8, 4) is 0 Å². The maximum absolute atomic E-state index is 3.51. The van der Waals surface area contributed by atoms with Crippen molar-refractivity contribution in [1.29, 1.82) is 0 Å². The summed E-state index contributed by atoms with van der Waals surface area (Å²) in [6.07, 6.45) is 3.73. The number of hydrogen-bond donors (Lipinski definition) is 1. The third-order valence-electron chi connectivity index (χ3n) is 1.97. The van der Waals surface area contributed by atoms with Crippen LogP contribution in [0.4, 0.5) is 0 Å². The summed E-state index contributed by atoms with van der Waals surface area (Å²) >= 11 is 8.84. The van der Waals surface area contributed by atoms with Crippen LogP contribution in [0, 0.1) is 0 Å². The van der Waals surface area contributed by atoms with Crippen molar-refractivity contribution < 1.29 is 0 Å². The van der Waals surface area contributed by atoms with Gasteiger partial charge in [-0.1, -0.05) is 6.92 Å². The summed E-state index contributed by atoms with van der Waals surface area (Å²) in [6.45, 7) is 4.37. The lowest BCUT2D eigenvalue weighted by Gasteiger charge is -1.99. The molecule has 0 aliphatic rings. The van der Waals surface area contributed by atoms with E-state index in [1.807, 2.05) is 11.3 Å². The Labute approximate surface area is 107 Å². The minimum atomic E-state index is 1.08. The van der Waals surface area contributed by atoms with Crippen LogP contribution in [0.1, 0.15) is 24.6 Å². The first-order valence-electron chi connectivity index (χ1n) is 4.88. The summed E-state index contributed by atoms with van der Waals surface area (Å²) in [5.74, 6) is 0. The monoisotopic (exact) mass is 339 g/mol. The summed E-state index contributed by atoms with van der Waals surface area (Å²) < 4.78 is 2.39. The van der Waals surface area contributed by atoms with E-state index in [0.717, 1.165) is 13.1 Å². The Bertz CT molecular complexity index is 254. The molecule has 0 aliphatic carbocycles. The molecule has 0 saturated carbocycles. The SMILES string of the molecule is CCNCCCCc1cc(Br)c(Br)s1. The van der Waals surface area contributed by atoms with Gasteiger partial charge >= 0.3 is 0 Å². The molecule has 0 spiro atoms. The van der Waals surface area contributed by atoms with Crippen molar-refractivity contribution in [3.63, 3.8) is 0 Å². The number of nitrogens with one attached hydrogen (secondary N) is 1. The fourth-order valence-corrected chi connectivity index (χ4v) is 3.46. The molecule has 0 fully saturated rings. The van der Waals surface area contributed by atoms with Crippen molar-refractivity contribution in [1.82, 2.24) is 5.32 Å². The summed E-state index contributed by atoms with van der Waals surface area (Å²) in [6, 6.07) is 2.21. The molecule has 0 unspecified atom stereocenters. The highest BCUT2D eigenvalue weighted by molar-refractivity contribution is 9.13. The highest BCUT2D eigenvalue weighted by Crippen LogP contribution is 2.32. The first-order valence-corrected chi connectivity index (χ1v) is 7.28. The van der Waals surface area contributed by atoms with Gasteiger partial charge in [-0.25, -0.2) is 0 Å². The quantitative estimate of drug-likeness (QED) is 0.765. The molecule has 80 valence electrons.